The summed E-state index contributed by atoms with van der Waals surface area (Å²) in [5, 5.41) is 9.83. The van der Waals surface area contributed by atoms with Crippen LogP contribution in [0.5, 0.6) is 11.5 Å². The maximum absolute atomic E-state index is 11.3. The van der Waals surface area contributed by atoms with E-state index in [1.54, 1.807) is 6.92 Å². The maximum Gasteiger partial charge on any atom is 0.333 e. The zero-order valence-electron chi connectivity index (χ0n) is 16.7. The molecule has 0 aliphatic heterocycles. The highest BCUT2D eigenvalue weighted by Gasteiger charge is 2.10. The molecule has 5 heteroatoms. The van der Waals surface area contributed by atoms with Gasteiger partial charge in [0.1, 0.15) is 30.8 Å². The van der Waals surface area contributed by atoms with E-state index in [-0.39, 0.29) is 19.3 Å². The molecule has 0 aliphatic rings. The zero-order valence-corrected chi connectivity index (χ0v) is 16.7. The molecule has 0 spiro atoms. The van der Waals surface area contributed by atoms with E-state index < -0.39 is 12.1 Å². The number of benzene rings is 2. The Kier molecular flexibility index (Phi) is 8.08. The van der Waals surface area contributed by atoms with Crippen molar-refractivity contribution < 1.29 is 24.1 Å². The highest BCUT2D eigenvalue weighted by Crippen LogP contribution is 2.18. The Labute approximate surface area is 166 Å². The summed E-state index contributed by atoms with van der Waals surface area (Å²) in [7, 11) is 0. The molecular weight excluding hydrogens is 356 g/mol. The lowest BCUT2D eigenvalue weighted by Gasteiger charge is -2.13. The Morgan fingerprint density at radius 2 is 1.50 bits per heavy atom. The van der Waals surface area contributed by atoms with Crippen LogP contribution in [0.2, 0.25) is 0 Å². The fourth-order valence-corrected chi connectivity index (χ4v) is 2.43. The molecule has 150 valence electrons. The fraction of sp³-hybridized carbons (Fsp3) is 0.348. The molecule has 0 amide bonds. The molecule has 0 radical (unpaired) electrons. The van der Waals surface area contributed by atoms with Crippen LogP contribution in [0.25, 0.3) is 0 Å². The molecule has 1 N–H and O–H groups in total. The van der Waals surface area contributed by atoms with E-state index in [2.05, 4.69) is 18.7 Å². The van der Waals surface area contributed by atoms with Crippen molar-refractivity contribution in [1.82, 2.24) is 0 Å². The molecule has 28 heavy (non-hydrogen) atoms. The molecule has 0 aromatic heterocycles. The summed E-state index contributed by atoms with van der Waals surface area (Å²) in [6, 6.07) is 15.8. The van der Waals surface area contributed by atoms with Crippen LogP contribution in [0.1, 0.15) is 31.9 Å². The third kappa shape index (κ3) is 7.45. The molecule has 2 aromatic carbocycles. The fourth-order valence-electron chi connectivity index (χ4n) is 2.43. The highest BCUT2D eigenvalue weighted by molar-refractivity contribution is 5.86. The number of ether oxygens (including phenoxy) is 3. The van der Waals surface area contributed by atoms with Crippen LogP contribution in [0, 0.1) is 0 Å². The van der Waals surface area contributed by atoms with Crippen LogP contribution in [0.15, 0.2) is 60.7 Å². The van der Waals surface area contributed by atoms with E-state index in [1.807, 2.05) is 50.2 Å². The molecule has 0 saturated carbocycles. The summed E-state index contributed by atoms with van der Waals surface area (Å²) in [5.74, 6) is 0.997. The molecule has 5 nitrogen and oxygen atoms in total. The van der Waals surface area contributed by atoms with Gasteiger partial charge in [-0.3, -0.25) is 0 Å². The summed E-state index contributed by atoms with van der Waals surface area (Å²) in [6.45, 7) is 8.97. The SMILES string of the molecule is C=C(C)C(=O)OCC(O)COc1ccc(Cc2ccc(OC(C)C)cc2)cc1. The van der Waals surface area contributed by atoms with Gasteiger partial charge in [0.25, 0.3) is 0 Å². The van der Waals surface area contributed by atoms with Gasteiger partial charge in [-0.2, -0.15) is 0 Å². The molecule has 1 unspecified atom stereocenters. The van der Waals surface area contributed by atoms with E-state index in [9.17, 15) is 9.90 Å². The Morgan fingerprint density at radius 3 is 2.00 bits per heavy atom. The van der Waals surface area contributed by atoms with Crippen LogP contribution in [-0.4, -0.2) is 36.5 Å². The number of rotatable bonds is 10. The Morgan fingerprint density at radius 1 is 0.964 bits per heavy atom. The van der Waals surface area contributed by atoms with Gasteiger partial charge in [0.15, 0.2) is 0 Å². The van der Waals surface area contributed by atoms with Gasteiger partial charge < -0.3 is 19.3 Å². The van der Waals surface area contributed by atoms with Crippen molar-refractivity contribution in [3.8, 4) is 11.5 Å². The van der Waals surface area contributed by atoms with Crippen molar-refractivity contribution in [3.63, 3.8) is 0 Å². The van der Waals surface area contributed by atoms with Crippen LogP contribution in [0.3, 0.4) is 0 Å². The largest absolute Gasteiger partial charge is 0.491 e. The van der Waals surface area contributed by atoms with Gasteiger partial charge in [-0.25, -0.2) is 4.79 Å². The number of carbonyl (C=O) groups is 1. The van der Waals surface area contributed by atoms with E-state index in [4.69, 9.17) is 14.2 Å². The molecular formula is C23H28O5. The molecule has 0 aliphatic carbocycles. The molecule has 0 saturated heterocycles. The van der Waals surface area contributed by atoms with Gasteiger partial charge in [0.2, 0.25) is 0 Å². The minimum absolute atomic E-state index is 0.0418. The predicted molar refractivity (Wildman–Crippen MR) is 109 cm³/mol. The van der Waals surface area contributed by atoms with Crippen LogP contribution < -0.4 is 9.47 Å². The monoisotopic (exact) mass is 384 g/mol. The van der Waals surface area contributed by atoms with Crippen molar-refractivity contribution in [2.75, 3.05) is 13.2 Å². The van der Waals surface area contributed by atoms with Gasteiger partial charge in [0.05, 0.1) is 6.10 Å². The smallest absolute Gasteiger partial charge is 0.333 e. The second kappa shape index (κ2) is 10.5. The summed E-state index contributed by atoms with van der Waals surface area (Å²) in [6.07, 6.45) is 0.0754. The van der Waals surface area contributed by atoms with Crippen molar-refractivity contribution in [2.24, 2.45) is 0 Å². The van der Waals surface area contributed by atoms with Crippen molar-refractivity contribution in [1.29, 1.82) is 0 Å². The molecule has 0 heterocycles. The number of hydrogen-bond donors (Lipinski definition) is 1. The average molecular weight is 384 g/mol. The van der Waals surface area contributed by atoms with E-state index >= 15 is 0 Å². The first kappa shape index (κ1) is 21.5. The second-order valence-electron chi connectivity index (χ2n) is 6.97. The zero-order chi connectivity index (χ0) is 20.5. The third-order valence-corrected chi connectivity index (χ3v) is 3.82. The second-order valence-corrected chi connectivity index (χ2v) is 6.97. The first-order valence-electron chi connectivity index (χ1n) is 9.31. The summed E-state index contributed by atoms with van der Waals surface area (Å²) >= 11 is 0. The lowest BCUT2D eigenvalue weighted by molar-refractivity contribution is -0.142. The normalized spacial score (nSPS) is 11.8. The number of esters is 1. The Bertz CT molecular complexity index is 763. The van der Waals surface area contributed by atoms with Gasteiger partial charge >= 0.3 is 5.97 Å². The summed E-state index contributed by atoms with van der Waals surface area (Å²) in [4.78, 5) is 11.3. The molecule has 0 fully saturated rings. The van der Waals surface area contributed by atoms with Crippen LogP contribution in [-0.2, 0) is 16.0 Å². The lowest BCUT2D eigenvalue weighted by Crippen LogP contribution is -2.25. The van der Waals surface area contributed by atoms with Gasteiger partial charge in [-0.1, -0.05) is 30.8 Å². The third-order valence-electron chi connectivity index (χ3n) is 3.82. The van der Waals surface area contributed by atoms with Crippen molar-refractivity contribution in [3.05, 3.63) is 71.8 Å². The van der Waals surface area contributed by atoms with E-state index in [0.717, 1.165) is 17.7 Å². The number of hydrogen-bond acceptors (Lipinski definition) is 5. The Balaban J connectivity index is 1.79. The molecule has 1 atom stereocenters. The van der Waals surface area contributed by atoms with Crippen molar-refractivity contribution >= 4 is 5.97 Å². The van der Waals surface area contributed by atoms with Gasteiger partial charge in [-0.15, -0.1) is 0 Å². The van der Waals surface area contributed by atoms with Crippen molar-refractivity contribution in [2.45, 2.75) is 39.4 Å². The minimum atomic E-state index is -0.894. The molecule has 0 bridgehead atoms. The topological polar surface area (TPSA) is 65.0 Å². The lowest BCUT2D eigenvalue weighted by atomic mass is 10.0. The van der Waals surface area contributed by atoms with Crippen LogP contribution in [0.4, 0.5) is 0 Å². The number of carbonyl (C=O) groups excluding carboxylic acids is 1. The number of aliphatic hydroxyl groups excluding tert-OH is 1. The highest BCUT2D eigenvalue weighted by atomic mass is 16.5. The maximum atomic E-state index is 11.3. The van der Waals surface area contributed by atoms with E-state index in [0.29, 0.717) is 11.3 Å². The van der Waals surface area contributed by atoms with Gasteiger partial charge in [-0.05, 0) is 62.6 Å². The summed E-state index contributed by atoms with van der Waals surface area (Å²) < 4.78 is 16.1. The average Bonchev–Trinajstić information content (AvgIpc) is 2.66. The Hall–Kier alpha value is -2.79. The van der Waals surface area contributed by atoms with E-state index in [1.165, 1.54) is 5.56 Å². The summed E-state index contributed by atoms with van der Waals surface area (Å²) in [5.41, 5.74) is 2.64. The van der Waals surface area contributed by atoms with Gasteiger partial charge in [0, 0.05) is 5.57 Å². The molecule has 2 aromatic rings. The quantitative estimate of drug-likeness (QED) is 0.497. The van der Waals surface area contributed by atoms with Crippen LogP contribution >= 0.6 is 0 Å². The first-order chi connectivity index (χ1) is 13.3. The predicted octanol–water partition coefficient (Wildman–Crippen LogP) is 3.92. The minimum Gasteiger partial charge on any atom is -0.491 e. The molecule has 2 rings (SSSR count). The standard InChI is InChI=1S/C23H28O5/c1-16(2)23(25)27-15-20(24)14-26-21-9-5-18(6-10-21)13-19-7-11-22(12-8-19)28-17(3)4/h5-12,17,20,24H,1,13-15H2,2-4H3. The first-order valence-corrected chi connectivity index (χ1v) is 9.31. The number of aliphatic hydroxyl groups is 1.